The van der Waals surface area contributed by atoms with Crippen molar-refractivity contribution in [1.82, 2.24) is 10.5 Å². The van der Waals surface area contributed by atoms with Gasteiger partial charge in [0.25, 0.3) is 0 Å². The summed E-state index contributed by atoms with van der Waals surface area (Å²) in [4.78, 5) is 8.96. The van der Waals surface area contributed by atoms with E-state index in [0.717, 1.165) is 0 Å². The van der Waals surface area contributed by atoms with Gasteiger partial charge in [0.2, 0.25) is 0 Å². The molecule has 0 aromatic carbocycles. The van der Waals surface area contributed by atoms with Crippen LogP contribution in [0.3, 0.4) is 0 Å². The highest BCUT2D eigenvalue weighted by atomic mass is 17.2. The molecule has 0 aromatic heterocycles. The molecule has 0 fully saturated rings. The Labute approximate surface area is 60.6 Å². The van der Waals surface area contributed by atoms with Crippen molar-refractivity contribution < 1.29 is 9.78 Å². The Kier molecular flexibility index (Phi) is 5.46. The molecule has 62 valence electrons. The molecule has 0 radical (unpaired) electrons. The predicted octanol–water partition coefficient (Wildman–Crippen LogP) is 0.536. The standard InChI is InChI=1S/C5H13N2O3/c1-4-6(3)10-7(8)9-5-2/h4-5H2,1-3H3/q-1. The van der Waals surface area contributed by atoms with E-state index in [1.54, 1.807) is 14.0 Å². The van der Waals surface area contributed by atoms with Crippen LogP contribution in [-0.4, -0.2) is 30.7 Å². The Balaban J connectivity index is 3.27. The Morgan fingerprint density at radius 1 is 1.40 bits per heavy atom. The van der Waals surface area contributed by atoms with Crippen molar-refractivity contribution >= 4 is 0 Å². The summed E-state index contributed by atoms with van der Waals surface area (Å²) < 4.78 is 0. The van der Waals surface area contributed by atoms with Crippen molar-refractivity contribution in [3.8, 4) is 0 Å². The maximum atomic E-state index is 10.4. The molecule has 0 amide bonds. The zero-order valence-corrected chi connectivity index (χ0v) is 6.53. The first-order chi connectivity index (χ1) is 4.70. The van der Waals surface area contributed by atoms with E-state index in [2.05, 4.69) is 9.78 Å². The zero-order valence-electron chi connectivity index (χ0n) is 6.53. The molecule has 0 unspecified atom stereocenters. The van der Waals surface area contributed by atoms with Crippen LogP contribution in [0.4, 0.5) is 0 Å². The molecule has 0 spiro atoms. The SMILES string of the molecule is CCON([O-])ON(C)CC. The van der Waals surface area contributed by atoms with Gasteiger partial charge in [-0.1, -0.05) is 6.92 Å². The number of hydroxylamine groups is 2. The van der Waals surface area contributed by atoms with E-state index < -0.39 is 0 Å². The Hall–Kier alpha value is -0.200. The molecular weight excluding hydrogens is 136 g/mol. The first-order valence-corrected chi connectivity index (χ1v) is 3.20. The van der Waals surface area contributed by atoms with Gasteiger partial charge in [0.15, 0.2) is 0 Å². The summed E-state index contributed by atoms with van der Waals surface area (Å²) in [6.45, 7) is 4.51. The average molecular weight is 149 g/mol. The largest absolute Gasteiger partial charge is 0.736 e. The summed E-state index contributed by atoms with van der Waals surface area (Å²) >= 11 is 0. The molecule has 0 aromatic rings. The Bertz CT molecular complexity index is 81.3. The lowest BCUT2D eigenvalue weighted by Gasteiger charge is -2.28. The lowest BCUT2D eigenvalue weighted by molar-refractivity contribution is -0.423. The lowest BCUT2D eigenvalue weighted by Crippen LogP contribution is -2.28. The normalized spacial score (nSPS) is 11.4. The minimum Gasteiger partial charge on any atom is -0.736 e. The molecule has 0 saturated carbocycles. The molecule has 0 aliphatic carbocycles. The van der Waals surface area contributed by atoms with Crippen molar-refractivity contribution in [3.05, 3.63) is 5.21 Å². The van der Waals surface area contributed by atoms with Crippen LogP contribution in [0.1, 0.15) is 13.8 Å². The van der Waals surface area contributed by atoms with Crippen molar-refractivity contribution in [1.29, 1.82) is 0 Å². The van der Waals surface area contributed by atoms with Gasteiger partial charge in [-0.2, -0.15) is 10.0 Å². The smallest absolute Gasteiger partial charge is 0.0672 e. The third-order valence-electron chi connectivity index (χ3n) is 0.886. The van der Waals surface area contributed by atoms with E-state index in [1.165, 1.54) is 5.06 Å². The number of nitrogens with zero attached hydrogens (tertiary/aromatic N) is 2. The van der Waals surface area contributed by atoms with Crippen LogP contribution < -0.4 is 0 Å². The number of rotatable bonds is 5. The Morgan fingerprint density at radius 3 is 2.40 bits per heavy atom. The second kappa shape index (κ2) is 5.57. The van der Waals surface area contributed by atoms with Crippen LogP contribution in [0.25, 0.3) is 0 Å². The van der Waals surface area contributed by atoms with Gasteiger partial charge < -0.3 is 5.21 Å². The van der Waals surface area contributed by atoms with Gasteiger partial charge in [-0.25, -0.2) is 0 Å². The highest BCUT2D eigenvalue weighted by Gasteiger charge is 1.94. The van der Waals surface area contributed by atoms with Crippen LogP contribution in [0, 0.1) is 5.21 Å². The monoisotopic (exact) mass is 149 g/mol. The fourth-order valence-corrected chi connectivity index (χ4v) is 0.301. The molecule has 5 nitrogen and oxygen atoms in total. The van der Waals surface area contributed by atoms with Crippen molar-refractivity contribution in [2.24, 2.45) is 0 Å². The predicted molar refractivity (Wildman–Crippen MR) is 36.2 cm³/mol. The van der Waals surface area contributed by atoms with Gasteiger partial charge in [0, 0.05) is 13.6 Å². The minimum atomic E-state index is 0.0868. The Morgan fingerprint density at radius 2 is 2.00 bits per heavy atom. The summed E-state index contributed by atoms with van der Waals surface area (Å²) in [7, 11) is 1.64. The molecule has 0 atom stereocenters. The third kappa shape index (κ3) is 4.66. The van der Waals surface area contributed by atoms with E-state index in [9.17, 15) is 5.21 Å². The van der Waals surface area contributed by atoms with Crippen molar-refractivity contribution in [3.63, 3.8) is 0 Å². The van der Waals surface area contributed by atoms with Gasteiger partial charge in [-0.3, -0.25) is 4.84 Å². The third-order valence-corrected chi connectivity index (χ3v) is 0.886. The van der Waals surface area contributed by atoms with Crippen molar-refractivity contribution in [2.75, 3.05) is 20.2 Å². The number of hydrogen-bond donors (Lipinski definition) is 0. The van der Waals surface area contributed by atoms with Gasteiger partial charge in [0.1, 0.15) is 0 Å². The molecule has 0 bridgehead atoms. The summed E-state index contributed by atoms with van der Waals surface area (Å²) in [6.07, 6.45) is 0. The molecule has 0 aliphatic rings. The van der Waals surface area contributed by atoms with Crippen LogP contribution in [0.15, 0.2) is 0 Å². The summed E-state index contributed by atoms with van der Waals surface area (Å²) in [6, 6.07) is 0. The van der Waals surface area contributed by atoms with Gasteiger partial charge >= 0.3 is 0 Å². The topological polar surface area (TPSA) is 48.0 Å². The van der Waals surface area contributed by atoms with Gasteiger partial charge in [-0.15, -0.1) is 5.39 Å². The molecule has 0 rings (SSSR count). The van der Waals surface area contributed by atoms with E-state index >= 15 is 0 Å². The first kappa shape index (κ1) is 9.80. The molecule has 0 saturated heterocycles. The van der Waals surface area contributed by atoms with Gasteiger partial charge in [0.05, 0.1) is 6.61 Å². The fraction of sp³-hybridized carbons (Fsp3) is 1.00. The van der Waals surface area contributed by atoms with Crippen LogP contribution >= 0.6 is 0 Å². The maximum absolute atomic E-state index is 10.4. The number of hydrogen-bond acceptors (Lipinski definition) is 5. The van der Waals surface area contributed by atoms with Crippen LogP contribution in [0.2, 0.25) is 0 Å². The first-order valence-electron chi connectivity index (χ1n) is 3.20. The molecule has 0 heterocycles. The second-order valence-corrected chi connectivity index (χ2v) is 1.67. The molecular formula is C5H13N2O3-. The zero-order chi connectivity index (χ0) is 7.98. The van der Waals surface area contributed by atoms with Gasteiger partial charge in [-0.05, 0) is 6.92 Å². The molecule has 10 heavy (non-hydrogen) atoms. The maximum Gasteiger partial charge on any atom is 0.0672 e. The van der Waals surface area contributed by atoms with E-state index in [1.807, 2.05) is 6.92 Å². The minimum absolute atomic E-state index is 0.0868. The quantitative estimate of drug-likeness (QED) is 0.534. The van der Waals surface area contributed by atoms with Crippen molar-refractivity contribution in [2.45, 2.75) is 13.8 Å². The van der Waals surface area contributed by atoms with E-state index in [0.29, 0.717) is 13.2 Å². The summed E-state index contributed by atoms with van der Waals surface area (Å²) in [5, 5.41) is 11.9. The lowest BCUT2D eigenvalue weighted by atomic mass is 10.8. The van der Waals surface area contributed by atoms with E-state index in [4.69, 9.17) is 0 Å². The van der Waals surface area contributed by atoms with E-state index in [-0.39, 0.29) is 5.39 Å². The second-order valence-electron chi connectivity index (χ2n) is 1.67. The highest BCUT2D eigenvalue weighted by molar-refractivity contribution is 4.23. The average Bonchev–Trinajstić information content (AvgIpc) is 1.88. The highest BCUT2D eigenvalue weighted by Crippen LogP contribution is 1.91. The summed E-state index contributed by atoms with van der Waals surface area (Å²) in [5.41, 5.74) is 0. The summed E-state index contributed by atoms with van der Waals surface area (Å²) in [5.74, 6) is 0. The molecule has 0 aliphatic heterocycles. The fourth-order valence-electron chi connectivity index (χ4n) is 0.301. The van der Waals surface area contributed by atoms with Crippen LogP contribution in [0.5, 0.6) is 0 Å². The van der Waals surface area contributed by atoms with Crippen LogP contribution in [-0.2, 0) is 9.78 Å². The molecule has 5 heteroatoms. The molecule has 0 N–H and O–H groups in total.